The van der Waals surface area contributed by atoms with E-state index in [4.69, 9.17) is 9.47 Å². The highest BCUT2D eigenvalue weighted by atomic mass is 16.5. The molecule has 0 fully saturated rings. The number of amides is 2. The molecule has 0 heterocycles. The van der Waals surface area contributed by atoms with Crippen LogP contribution in [0.2, 0.25) is 0 Å². The van der Waals surface area contributed by atoms with Gasteiger partial charge in [-0.2, -0.15) is 0 Å². The van der Waals surface area contributed by atoms with Gasteiger partial charge < -0.3 is 19.7 Å². The summed E-state index contributed by atoms with van der Waals surface area (Å²) in [7, 11) is 3.16. The first-order valence-corrected chi connectivity index (χ1v) is 9.75. The zero-order valence-corrected chi connectivity index (χ0v) is 17.9. The third-order valence-electron chi connectivity index (χ3n) is 4.85. The molecular weight excluding hydrogens is 368 g/mol. The van der Waals surface area contributed by atoms with E-state index in [1.165, 1.54) is 6.92 Å². The number of ether oxygens (including phenoxy) is 2. The van der Waals surface area contributed by atoms with Gasteiger partial charge in [0.15, 0.2) is 11.5 Å². The van der Waals surface area contributed by atoms with Gasteiger partial charge in [0.05, 0.1) is 14.2 Å². The number of anilines is 1. The Hall–Kier alpha value is -3.02. The Morgan fingerprint density at radius 2 is 1.79 bits per heavy atom. The Labute approximate surface area is 172 Å². The first-order chi connectivity index (χ1) is 13.9. The zero-order chi connectivity index (χ0) is 21.4. The highest BCUT2D eigenvalue weighted by Crippen LogP contribution is 2.28. The van der Waals surface area contributed by atoms with Crippen LogP contribution in [0.25, 0.3) is 0 Å². The van der Waals surface area contributed by atoms with E-state index in [0.29, 0.717) is 24.6 Å². The second kappa shape index (κ2) is 10.5. The van der Waals surface area contributed by atoms with Crippen LogP contribution in [0.5, 0.6) is 11.5 Å². The average Bonchev–Trinajstić information content (AvgIpc) is 2.72. The predicted octanol–water partition coefficient (Wildman–Crippen LogP) is 3.63. The van der Waals surface area contributed by atoms with Crippen molar-refractivity contribution in [3.63, 3.8) is 0 Å². The monoisotopic (exact) mass is 398 g/mol. The maximum absolute atomic E-state index is 12.4. The van der Waals surface area contributed by atoms with Crippen molar-refractivity contribution in [1.82, 2.24) is 5.32 Å². The summed E-state index contributed by atoms with van der Waals surface area (Å²) in [6.07, 6.45) is 1.05. The number of methoxy groups -OCH3 is 2. The Balaban J connectivity index is 2.01. The van der Waals surface area contributed by atoms with Crippen LogP contribution in [0, 0.1) is 6.92 Å². The number of para-hydroxylation sites is 1. The molecule has 0 spiro atoms. The fraction of sp³-hybridized carbons (Fsp3) is 0.391. The van der Waals surface area contributed by atoms with Gasteiger partial charge in [-0.25, -0.2) is 0 Å². The van der Waals surface area contributed by atoms with Crippen LogP contribution in [0.1, 0.15) is 37.0 Å². The Morgan fingerprint density at radius 3 is 2.41 bits per heavy atom. The van der Waals surface area contributed by atoms with Crippen molar-refractivity contribution in [2.24, 2.45) is 0 Å². The lowest BCUT2D eigenvalue weighted by molar-refractivity contribution is -0.121. The van der Waals surface area contributed by atoms with Crippen LogP contribution in [-0.2, 0) is 22.6 Å². The predicted molar refractivity (Wildman–Crippen MR) is 115 cm³/mol. The molecule has 2 aromatic carbocycles. The summed E-state index contributed by atoms with van der Waals surface area (Å²) in [5.41, 5.74) is 3.96. The van der Waals surface area contributed by atoms with Crippen molar-refractivity contribution in [3.8, 4) is 11.5 Å². The molecule has 0 unspecified atom stereocenters. The summed E-state index contributed by atoms with van der Waals surface area (Å²) in [5.74, 6) is 1.08. The van der Waals surface area contributed by atoms with E-state index in [1.54, 1.807) is 19.1 Å². The first kappa shape index (κ1) is 22.3. The van der Waals surface area contributed by atoms with Gasteiger partial charge in [0.25, 0.3) is 0 Å². The van der Waals surface area contributed by atoms with Crippen LogP contribution >= 0.6 is 0 Å². The number of hydrogen-bond acceptors (Lipinski definition) is 4. The highest BCUT2D eigenvalue weighted by molar-refractivity contribution is 5.94. The van der Waals surface area contributed by atoms with Crippen molar-refractivity contribution in [3.05, 3.63) is 53.1 Å². The van der Waals surface area contributed by atoms with Gasteiger partial charge in [-0.15, -0.1) is 0 Å². The molecule has 156 valence electrons. The smallest absolute Gasteiger partial charge is 0.223 e. The molecule has 0 aromatic heterocycles. The lowest BCUT2D eigenvalue weighted by atomic mass is 10.0. The number of rotatable bonds is 9. The molecule has 0 aliphatic heterocycles. The third kappa shape index (κ3) is 5.73. The maximum Gasteiger partial charge on any atom is 0.223 e. The van der Waals surface area contributed by atoms with Gasteiger partial charge in [-0.3, -0.25) is 9.59 Å². The minimum absolute atomic E-state index is 0.0679. The van der Waals surface area contributed by atoms with Gasteiger partial charge in [0.1, 0.15) is 0 Å². The zero-order valence-electron chi connectivity index (χ0n) is 17.9. The molecule has 2 rings (SSSR count). The average molecular weight is 399 g/mol. The Bertz CT molecular complexity index is 864. The van der Waals surface area contributed by atoms with Crippen LogP contribution in [-0.4, -0.2) is 32.6 Å². The second-order valence-corrected chi connectivity index (χ2v) is 6.82. The minimum atomic E-state index is -0.113. The number of nitrogens with zero attached hydrogens (tertiary/aromatic N) is 1. The normalized spacial score (nSPS) is 10.4. The van der Waals surface area contributed by atoms with Crippen molar-refractivity contribution in [1.29, 1.82) is 0 Å². The van der Waals surface area contributed by atoms with Gasteiger partial charge in [-0.1, -0.05) is 31.2 Å². The quantitative estimate of drug-likeness (QED) is 0.700. The maximum atomic E-state index is 12.4. The molecule has 0 saturated carbocycles. The van der Waals surface area contributed by atoms with E-state index in [-0.39, 0.29) is 18.2 Å². The first-order valence-electron chi connectivity index (χ1n) is 9.75. The largest absolute Gasteiger partial charge is 0.493 e. The van der Waals surface area contributed by atoms with Gasteiger partial charge in [0, 0.05) is 32.1 Å². The van der Waals surface area contributed by atoms with E-state index in [0.717, 1.165) is 28.8 Å². The van der Waals surface area contributed by atoms with Crippen LogP contribution in [0.3, 0.4) is 0 Å². The van der Waals surface area contributed by atoms with Crippen molar-refractivity contribution in [2.75, 3.05) is 25.7 Å². The minimum Gasteiger partial charge on any atom is -0.493 e. The fourth-order valence-corrected chi connectivity index (χ4v) is 3.31. The summed E-state index contributed by atoms with van der Waals surface area (Å²) in [4.78, 5) is 26.3. The van der Waals surface area contributed by atoms with Crippen molar-refractivity contribution in [2.45, 2.75) is 40.2 Å². The highest BCUT2D eigenvalue weighted by Gasteiger charge is 2.18. The molecule has 0 aliphatic carbocycles. The SMILES string of the molecule is CCc1cccc(C)c1N(CCC(=O)NCc1ccc(OC)c(OC)c1)C(C)=O. The third-order valence-corrected chi connectivity index (χ3v) is 4.85. The molecule has 0 saturated heterocycles. The van der Waals surface area contributed by atoms with E-state index >= 15 is 0 Å². The summed E-state index contributed by atoms with van der Waals surface area (Å²) in [6, 6.07) is 11.5. The molecule has 6 heteroatoms. The summed E-state index contributed by atoms with van der Waals surface area (Å²) < 4.78 is 10.5. The molecule has 0 atom stereocenters. The van der Waals surface area contributed by atoms with E-state index in [1.807, 2.05) is 43.3 Å². The van der Waals surface area contributed by atoms with Crippen molar-refractivity contribution >= 4 is 17.5 Å². The Kier molecular flexibility index (Phi) is 8.07. The molecule has 2 aromatic rings. The summed E-state index contributed by atoms with van der Waals surface area (Å²) >= 11 is 0. The molecule has 0 radical (unpaired) electrons. The fourth-order valence-electron chi connectivity index (χ4n) is 3.31. The number of nitrogens with one attached hydrogen (secondary N) is 1. The van der Waals surface area contributed by atoms with E-state index in [2.05, 4.69) is 12.2 Å². The number of aryl methyl sites for hydroxylation is 2. The van der Waals surface area contributed by atoms with Crippen LogP contribution < -0.4 is 19.7 Å². The van der Waals surface area contributed by atoms with Crippen LogP contribution in [0.4, 0.5) is 5.69 Å². The topological polar surface area (TPSA) is 67.9 Å². The van der Waals surface area contributed by atoms with Crippen molar-refractivity contribution < 1.29 is 19.1 Å². The molecule has 0 bridgehead atoms. The number of carbonyl (C=O) groups excluding carboxylic acids is 2. The molecule has 0 aliphatic rings. The number of carbonyl (C=O) groups is 2. The summed E-state index contributed by atoms with van der Waals surface area (Å²) in [5, 5.41) is 2.90. The van der Waals surface area contributed by atoms with E-state index < -0.39 is 0 Å². The van der Waals surface area contributed by atoms with Gasteiger partial charge in [-0.05, 0) is 42.2 Å². The second-order valence-electron chi connectivity index (χ2n) is 6.82. The lowest BCUT2D eigenvalue weighted by Crippen LogP contribution is -2.34. The molecule has 2 amide bonds. The Morgan fingerprint density at radius 1 is 1.07 bits per heavy atom. The van der Waals surface area contributed by atoms with Gasteiger partial charge in [0.2, 0.25) is 11.8 Å². The lowest BCUT2D eigenvalue weighted by Gasteiger charge is -2.25. The van der Waals surface area contributed by atoms with Gasteiger partial charge >= 0.3 is 0 Å². The van der Waals surface area contributed by atoms with E-state index in [9.17, 15) is 9.59 Å². The number of hydrogen-bond donors (Lipinski definition) is 1. The van der Waals surface area contributed by atoms with Crippen LogP contribution in [0.15, 0.2) is 36.4 Å². The molecular formula is C23H30N2O4. The summed E-state index contributed by atoms with van der Waals surface area (Å²) in [6.45, 7) is 6.30. The standard InChI is InChI=1S/C23H30N2O4/c1-6-19-9-7-8-16(2)23(19)25(17(3)26)13-12-22(27)24-15-18-10-11-20(28-4)21(14-18)29-5/h7-11,14H,6,12-13,15H2,1-5H3,(H,24,27). The number of benzene rings is 2. The molecule has 6 nitrogen and oxygen atoms in total. The molecule has 1 N–H and O–H groups in total. The molecule has 29 heavy (non-hydrogen) atoms.